The van der Waals surface area contributed by atoms with Crippen LogP contribution in [-0.2, 0) is 67.9 Å². The number of nitrogens with two attached hydrogens (primary N) is 1. The molecule has 9 rings (SSSR count). The highest BCUT2D eigenvalue weighted by atomic mass is 32.3. The number of pyridine rings is 1. The topological polar surface area (TPSA) is 381 Å². The van der Waals surface area contributed by atoms with Crippen molar-refractivity contribution in [1.82, 2.24) is 20.5 Å². The number of allylic oxidation sites excluding steroid dienone is 6. The van der Waals surface area contributed by atoms with E-state index < -0.39 is 93.0 Å². The van der Waals surface area contributed by atoms with Gasteiger partial charge in [-0.05, 0) is 120 Å². The second kappa shape index (κ2) is 23.3. The number of nitrogens with zero attached hydrogens (tertiary/aromatic N) is 5. The average Bonchev–Trinajstić information content (AvgIpc) is 1.53. The number of anilines is 2. The first-order valence-electron chi connectivity index (χ1n) is 26.2. The van der Waals surface area contributed by atoms with Crippen LogP contribution >= 0.6 is 11.3 Å². The fourth-order valence-corrected chi connectivity index (χ4v) is 14.5. The third-order valence-corrected chi connectivity index (χ3v) is 20.3. The summed E-state index contributed by atoms with van der Waals surface area (Å²) in [5, 5.41) is 18.7. The summed E-state index contributed by atoms with van der Waals surface area (Å²) in [6, 6.07) is 22.2. The number of primary sulfonamides is 1. The van der Waals surface area contributed by atoms with Gasteiger partial charge in [-0.3, -0.25) is 38.1 Å². The Morgan fingerprint density at radius 1 is 0.721 bits per heavy atom. The van der Waals surface area contributed by atoms with Crippen molar-refractivity contribution >= 4 is 123 Å². The molecule has 30 heteroatoms. The Labute approximate surface area is 500 Å². The summed E-state index contributed by atoms with van der Waals surface area (Å²) in [7, 11) is -23.3. The number of carbonyl (C=O) groups excluding carboxylic acids is 2. The molecule has 7 aromatic rings. The van der Waals surface area contributed by atoms with Gasteiger partial charge in [0.05, 0.1) is 32.2 Å². The molecule has 2 aromatic heterocycles. The summed E-state index contributed by atoms with van der Waals surface area (Å²) in [4.78, 5) is 31.2. The number of hydrogen-bond donors (Lipinski definition) is 7. The zero-order valence-electron chi connectivity index (χ0n) is 46.4. The van der Waals surface area contributed by atoms with Gasteiger partial charge in [0.25, 0.3) is 62.3 Å². The lowest BCUT2D eigenvalue weighted by Crippen LogP contribution is -2.28. The van der Waals surface area contributed by atoms with Gasteiger partial charge in [-0.15, -0.1) is 10.2 Å². The zero-order valence-corrected chi connectivity index (χ0v) is 51.3. The fraction of sp³-hybridized carbons (Fsp3) is 0.250. The number of aromatic nitrogens is 3. The van der Waals surface area contributed by atoms with Gasteiger partial charge < -0.3 is 10.2 Å². The normalized spacial score (nSPS) is 15.9. The van der Waals surface area contributed by atoms with E-state index in [2.05, 4.69) is 25.4 Å². The lowest BCUT2D eigenvalue weighted by Gasteiger charge is -2.27. The minimum atomic E-state index is -5.10. The van der Waals surface area contributed by atoms with Crippen LogP contribution < -0.4 is 20.7 Å². The van der Waals surface area contributed by atoms with Gasteiger partial charge in [-0.25, -0.2) is 13.6 Å². The molecule has 0 saturated carbocycles. The van der Waals surface area contributed by atoms with Crippen molar-refractivity contribution in [3.8, 4) is 0 Å². The number of rotatable bonds is 20. The summed E-state index contributed by atoms with van der Waals surface area (Å²) < 4.78 is 165. The Morgan fingerprint density at radius 3 is 2.01 bits per heavy atom. The zero-order chi connectivity index (χ0) is 62.7. The van der Waals surface area contributed by atoms with Crippen LogP contribution in [0.1, 0.15) is 97.0 Å². The van der Waals surface area contributed by atoms with Crippen molar-refractivity contribution in [2.24, 2.45) is 5.14 Å². The monoisotopic (exact) mass is 1290 g/mol. The molecule has 2 aliphatic rings. The third kappa shape index (κ3) is 13.1. The van der Waals surface area contributed by atoms with Crippen LogP contribution in [0.5, 0.6) is 0 Å². The summed E-state index contributed by atoms with van der Waals surface area (Å²) in [6.07, 6.45) is 9.94. The molecular formula is C56H57N8O16S6+. The molecule has 0 spiro atoms. The first-order valence-corrected chi connectivity index (χ1v) is 34.5. The Bertz CT molecular complexity index is 4700. The van der Waals surface area contributed by atoms with Gasteiger partial charge >= 0.3 is 0 Å². The van der Waals surface area contributed by atoms with E-state index in [4.69, 9.17) is 10.1 Å². The highest BCUT2D eigenvalue weighted by molar-refractivity contribution is 7.91. The summed E-state index contributed by atoms with van der Waals surface area (Å²) >= 11 is 0.580. The van der Waals surface area contributed by atoms with Crippen LogP contribution in [0.25, 0.3) is 27.1 Å². The molecule has 0 radical (unpaired) electrons. The molecular weight excluding hydrogens is 1230 g/mol. The van der Waals surface area contributed by atoms with E-state index in [-0.39, 0.29) is 51.4 Å². The van der Waals surface area contributed by atoms with Crippen molar-refractivity contribution in [1.29, 1.82) is 0 Å². The number of sulfonamides is 1. The van der Waals surface area contributed by atoms with E-state index in [1.54, 1.807) is 67.3 Å². The molecule has 86 heavy (non-hydrogen) atoms. The Balaban J connectivity index is 1.12. The van der Waals surface area contributed by atoms with Crippen molar-refractivity contribution in [3.05, 3.63) is 161 Å². The van der Waals surface area contributed by atoms with E-state index in [1.165, 1.54) is 42.6 Å². The maximum Gasteiger partial charge on any atom is 0.295 e. The van der Waals surface area contributed by atoms with Gasteiger partial charge in [0.15, 0.2) is 5.71 Å². The van der Waals surface area contributed by atoms with Gasteiger partial charge in [0.1, 0.15) is 11.4 Å². The molecule has 4 heterocycles. The van der Waals surface area contributed by atoms with Crippen molar-refractivity contribution in [3.63, 3.8) is 0 Å². The van der Waals surface area contributed by atoms with E-state index in [9.17, 15) is 69.9 Å². The first-order chi connectivity index (χ1) is 40.1. The molecule has 5 aromatic carbocycles. The molecule has 2 amide bonds. The smallest absolute Gasteiger partial charge is 0.295 e. The SMILES string of the molecule is CCCC[N+]1=C(/C=C/C(=C/C=C2/N(CCCS(=O)(=O)O)c3ccc4c(S(=O)(=O)O)cc(S(=O)(=O)O)cc4c3C2(C)C)c2ccc(C(=O)NCc3ccc(C(=O)Nc4nnc(S(N)(=O)=O)s4)cc3)cn2)C(C)(C)c2c1ccc1ccc(S(=O)(=O)O)cc21. The van der Waals surface area contributed by atoms with Crippen molar-refractivity contribution in [2.75, 3.05) is 29.1 Å². The highest BCUT2D eigenvalue weighted by Gasteiger charge is 2.46. The molecule has 24 nitrogen and oxygen atoms in total. The summed E-state index contributed by atoms with van der Waals surface area (Å²) in [6.45, 7) is 10.1. The summed E-state index contributed by atoms with van der Waals surface area (Å²) in [5.41, 5.74) is 3.30. The lowest BCUT2D eigenvalue weighted by atomic mass is 9.79. The molecule has 0 atom stereocenters. The number of unbranched alkanes of at least 4 members (excludes halogenated alkanes) is 1. The van der Waals surface area contributed by atoms with E-state index >= 15 is 0 Å². The van der Waals surface area contributed by atoms with E-state index in [0.717, 1.165) is 41.3 Å². The quantitative estimate of drug-likeness (QED) is 0.0167. The van der Waals surface area contributed by atoms with Crippen LogP contribution in [0.3, 0.4) is 0 Å². The highest BCUT2D eigenvalue weighted by Crippen LogP contribution is 2.52. The fourth-order valence-electron chi connectivity index (χ4n) is 10.8. The van der Waals surface area contributed by atoms with Gasteiger partial charge in [0, 0.05) is 76.7 Å². The summed E-state index contributed by atoms with van der Waals surface area (Å²) in [5.74, 6) is -1.77. The maximum atomic E-state index is 13.7. The van der Waals surface area contributed by atoms with Crippen molar-refractivity contribution < 1.29 is 74.5 Å². The van der Waals surface area contributed by atoms with Gasteiger partial charge in [0.2, 0.25) is 15.2 Å². The molecule has 0 saturated heterocycles. The molecule has 0 fully saturated rings. The molecule has 2 aliphatic heterocycles. The number of nitrogens with one attached hydrogen (secondary N) is 2. The van der Waals surface area contributed by atoms with Crippen LogP contribution in [-0.4, -0.2) is 116 Å². The molecule has 0 bridgehead atoms. The second-order valence-corrected chi connectivity index (χ2v) is 29.9. The number of hydrogen-bond acceptors (Lipinski definition) is 17. The Kier molecular flexibility index (Phi) is 17.1. The van der Waals surface area contributed by atoms with Crippen molar-refractivity contribution in [2.45, 2.75) is 90.3 Å². The number of fused-ring (bicyclic) bond motifs is 6. The maximum absolute atomic E-state index is 13.7. The minimum absolute atomic E-state index is 0.0236. The van der Waals surface area contributed by atoms with Crippen LogP contribution in [0.2, 0.25) is 0 Å². The molecule has 0 unspecified atom stereocenters. The number of amides is 2. The largest absolute Gasteiger partial charge is 0.348 e. The number of benzene rings is 5. The third-order valence-electron chi connectivity index (χ3n) is 14.8. The second-order valence-electron chi connectivity index (χ2n) is 21.4. The molecule has 8 N–H and O–H groups in total. The Morgan fingerprint density at radius 2 is 1.40 bits per heavy atom. The van der Waals surface area contributed by atoms with E-state index in [0.29, 0.717) is 63.1 Å². The first kappa shape index (κ1) is 63.0. The number of carbonyl (C=O) groups is 2. The standard InChI is InChI=1S/C56H56N8O16S6/c1-6-7-25-63-44-21-15-34-13-18-38(84(72,73)74)28-41(34)49(44)55(2,3)47(63)23-16-35(43-20-14-37(32-58-43)51(65)59-31-33-9-11-36(12-10-33)52(66)60-53-61-62-54(81-53)83(57,70)71)17-24-48-56(4,5)50-42-29-39(85(75,76)77)30-46(86(78,79)80)40(42)19-22-45(50)64(48)26-8-27-82(67,68)69/h9-24,28-30,32H,6-8,25-27,31H2,1-5H3,(H7-,57,59,60,61,65,66,67,68,69,70,71,72,73,74,75,76,77,78,79,80)/p+1. The molecule has 452 valence electrons. The van der Waals surface area contributed by atoms with Crippen LogP contribution in [0.15, 0.2) is 146 Å². The van der Waals surface area contributed by atoms with E-state index in [1.807, 2.05) is 39.0 Å². The van der Waals surface area contributed by atoms with Crippen LogP contribution in [0, 0.1) is 0 Å². The average molecular weight is 1290 g/mol. The van der Waals surface area contributed by atoms with Crippen LogP contribution in [0.4, 0.5) is 16.5 Å². The Hall–Kier alpha value is -7.49. The molecule has 0 aliphatic carbocycles. The van der Waals surface area contributed by atoms with Gasteiger partial charge in [-0.2, -0.15) is 38.2 Å². The minimum Gasteiger partial charge on any atom is -0.348 e. The predicted octanol–water partition coefficient (Wildman–Crippen LogP) is 7.59. The predicted molar refractivity (Wildman–Crippen MR) is 323 cm³/mol. The van der Waals surface area contributed by atoms with Gasteiger partial charge in [-0.1, -0.05) is 68.9 Å². The lowest BCUT2D eigenvalue weighted by molar-refractivity contribution is -0.438.